The van der Waals surface area contributed by atoms with Crippen LogP contribution in [0.5, 0.6) is 17.2 Å². The Balaban J connectivity index is 2.16. The lowest BCUT2D eigenvalue weighted by molar-refractivity contribution is -0.120. The van der Waals surface area contributed by atoms with E-state index < -0.39 is 0 Å². The quantitative estimate of drug-likeness (QED) is 0.762. The molecule has 106 valence electrons. The standard InChI is InChI=1S/C16H13NO4/c1-19-16-8-14(21-11-18)6-7-15(16)20-10-13-5-3-2-4-12(13)9-17/h2-8,11H,10H2,1H3. The molecule has 0 bridgehead atoms. The lowest BCUT2D eigenvalue weighted by Crippen LogP contribution is -2.00. The summed E-state index contributed by atoms with van der Waals surface area (Å²) >= 11 is 0. The maximum absolute atomic E-state index is 10.3. The number of methoxy groups -OCH3 is 1. The smallest absolute Gasteiger partial charge is 0.298 e. The fourth-order valence-electron chi connectivity index (χ4n) is 1.81. The fourth-order valence-corrected chi connectivity index (χ4v) is 1.81. The van der Waals surface area contributed by atoms with E-state index in [4.69, 9.17) is 19.5 Å². The molecule has 0 aliphatic carbocycles. The van der Waals surface area contributed by atoms with Crippen molar-refractivity contribution < 1.29 is 19.0 Å². The number of nitriles is 1. The first-order valence-electron chi connectivity index (χ1n) is 6.17. The first-order valence-corrected chi connectivity index (χ1v) is 6.17. The van der Waals surface area contributed by atoms with Gasteiger partial charge in [-0.3, -0.25) is 4.79 Å². The van der Waals surface area contributed by atoms with Crippen LogP contribution < -0.4 is 14.2 Å². The van der Waals surface area contributed by atoms with Gasteiger partial charge in [-0.1, -0.05) is 18.2 Å². The third-order valence-electron chi connectivity index (χ3n) is 2.84. The molecule has 5 heteroatoms. The highest BCUT2D eigenvalue weighted by atomic mass is 16.5. The molecule has 0 saturated heterocycles. The van der Waals surface area contributed by atoms with Crippen LogP contribution in [-0.4, -0.2) is 13.6 Å². The zero-order chi connectivity index (χ0) is 15.1. The van der Waals surface area contributed by atoms with E-state index in [9.17, 15) is 4.79 Å². The molecule has 0 aromatic heterocycles. The Morgan fingerprint density at radius 1 is 1.19 bits per heavy atom. The molecule has 2 rings (SSSR count). The number of benzene rings is 2. The Morgan fingerprint density at radius 3 is 2.71 bits per heavy atom. The number of carbonyl (C=O) groups is 1. The molecule has 2 aromatic carbocycles. The van der Waals surface area contributed by atoms with E-state index >= 15 is 0 Å². The molecular formula is C16H13NO4. The monoisotopic (exact) mass is 283 g/mol. The molecule has 2 aromatic rings. The molecule has 0 fully saturated rings. The average Bonchev–Trinajstić information content (AvgIpc) is 2.54. The van der Waals surface area contributed by atoms with Gasteiger partial charge in [-0.05, 0) is 18.2 Å². The van der Waals surface area contributed by atoms with Gasteiger partial charge in [-0.25, -0.2) is 0 Å². The van der Waals surface area contributed by atoms with E-state index in [-0.39, 0.29) is 6.61 Å². The van der Waals surface area contributed by atoms with E-state index in [1.165, 1.54) is 7.11 Å². The van der Waals surface area contributed by atoms with E-state index in [0.29, 0.717) is 29.3 Å². The zero-order valence-electron chi connectivity index (χ0n) is 11.4. The van der Waals surface area contributed by atoms with Gasteiger partial charge in [-0.2, -0.15) is 5.26 Å². The van der Waals surface area contributed by atoms with E-state index in [1.807, 2.05) is 12.1 Å². The number of carbonyl (C=O) groups excluding carboxylic acids is 1. The molecule has 0 atom stereocenters. The molecule has 0 spiro atoms. The van der Waals surface area contributed by atoms with Gasteiger partial charge in [0.25, 0.3) is 6.47 Å². The van der Waals surface area contributed by atoms with Gasteiger partial charge in [0.2, 0.25) is 0 Å². The number of nitrogens with zero attached hydrogens (tertiary/aromatic N) is 1. The summed E-state index contributed by atoms with van der Waals surface area (Å²) in [7, 11) is 1.50. The second-order valence-electron chi connectivity index (χ2n) is 4.08. The lowest BCUT2D eigenvalue weighted by atomic mass is 10.1. The van der Waals surface area contributed by atoms with Gasteiger partial charge in [0.15, 0.2) is 11.5 Å². The van der Waals surface area contributed by atoms with Crippen LogP contribution in [0.2, 0.25) is 0 Å². The first kappa shape index (κ1) is 14.4. The highest BCUT2D eigenvalue weighted by Gasteiger charge is 2.08. The van der Waals surface area contributed by atoms with Crippen LogP contribution in [0.3, 0.4) is 0 Å². The molecule has 0 radical (unpaired) electrons. The molecule has 21 heavy (non-hydrogen) atoms. The van der Waals surface area contributed by atoms with Crippen LogP contribution in [0.25, 0.3) is 0 Å². The Morgan fingerprint density at radius 2 is 2.00 bits per heavy atom. The predicted molar refractivity (Wildman–Crippen MR) is 75.2 cm³/mol. The summed E-state index contributed by atoms with van der Waals surface area (Å²) in [6.45, 7) is 0.590. The Hall–Kier alpha value is -3.00. The van der Waals surface area contributed by atoms with Crippen molar-refractivity contribution in [2.24, 2.45) is 0 Å². The second-order valence-corrected chi connectivity index (χ2v) is 4.08. The van der Waals surface area contributed by atoms with Crippen molar-refractivity contribution in [2.45, 2.75) is 6.61 Å². The van der Waals surface area contributed by atoms with E-state index in [2.05, 4.69) is 6.07 Å². The normalized spacial score (nSPS) is 9.52. The summed E-state index contributed by atoms with van der Waals surface area (Å²) in [5.74, 6) is 1.32. The van der Waals surface area contributed by atoms with Crippen molar-refractivity contribution in [1.29, 1.82) is 5.26 Å². The SMILES string of the molecule is COc1cc(OC=O)ccc1OCc1ccccc1C#N. The van der Waals surface area contributed by atoms with Crippen LogP contribution >= 0.6 is 0 Å². The van der Waals surface area contributed by atoms with Crippen molar-refractivity contribution in [2.75, 3.05) is 7.11 Å². The zero-order valence-corrected chi connectivity index (χ0v) is 11.4. The summed E-state index contributed by atoms with van der Waals surface area (Å²) in [6, 6.07) is 14.1. The topological polar surface area (TPSA) is 68.6 Å². The van der Waals surface area contributed by atoms with Crippen LogP contribution in [0.1, 0.15) is 11.1 Å². The fraction of sp³-hybridized carbons (Fsp3) is 0.125. The summed E-state index contributed by atoms with van der Waals surface area (Å²) in [5, 5.41) is 9.03. The summed E-state index contributed by atoms with van der Waals surface area (Å²) in [4.78, 5) is 10.3. The highest BCUT2D eigenvalue weighted by molar-refractivity contribution is 5.51. The van der Waals surface area contributed by atoms with Gasteiger partial charge < -0.3 is 14.2 Å². The van der Waals surface area contributed by atoms with E-state index in [1.54, 1.807) is 30.3 Å². The third-order valence-corrected chi connectivity index (χ3v) is 2.84. The molecule has 0 heterocycles. The minimum Gasteiger partial charge on any atom is -0.493 e. The van der Waals surface area contributed by atoms with E-state index in [0.717, 1.165) is 5.56 Å². The molecule has 0 aliphatic heterocycles. The van der Waals surface area contributed by atoms with Gasteiger partial charge >= 0.3 is 0 Å². The van der Waals surface area contributed by atoms with Gasteiger partial charge in [0.1, 0.15) is 12.4 Å². The highest BCUT2D eigenvalue weighted by Crippen LogP contribution is 2.31. The van der Waals surface area contributed by atoms with Crippen LogP contribution in [0, 0.1) is 11.3 Å². The number of ether oxygens (including phenoxy) is 3. The van der Waals surface area contributed by atoms with Crippen molar-refractivity contribution in [3.05, 3.63) is 53.6 Å². The van der Waals surface area contributed by atoms with Crippen molar-refractivity contribution in [1.82, 2.24) is 0 Å². The first-order chi connectivity index (χ1) is 10.3. The number of rotatable bonds is 6. The second kappa shape index (κ2) is 6.96. The number of hydrogen-bond acceptors (Lipinski definition) is 5. The lowest BCUT2D eigenvalue weighted by Gasteiger charge is -2.12. The Labute approximate surface area is 122 Å². The molecule has 0 saturated carbocycles. The van der Waals surface area contributed by atoms with Crippen molar-refractivity contribution in [3.63, 3.8) is 0 Å². The number of hydrogen-bond donors (Lipinski definition) is 0. The minimum atomic E-state index is 0.244. The predicted octanol–water partition coefficient (Wildman–Crippen LogP) is 2.68. The molecule has 0 amide bonds. The minimum absolute atomic E-state index is 0.244. The molecular weight excluding hydrogens is 270 g/mol. The summed E-state index contributed by atoms with van der Waals surface area (Å²) in [5.41, 5.74) is 1.35. The summed E-state index contributed by atoms with van der Waals surface area (Å²) in [6.07, 6.45) is 0. The Bertz CT molecular complexity index is 676. The van der Waals surface area contributed by atoms with Gasteiger partial charge in [-0.15, -0.1) is 0 Å². The van der Waals surface area contributed by atoms with Gasteiger partial charge in [0, 0.05) is 11.6 Å². The maximum atomic E-state index is 10.3. The maximum Gasteiger partial charge on any atom is 0.298 e. The summed E-state index contributed by atoms with van der Waals surface area (Å²) < 4.78 is 15.6. The molecule has 0 N–H and O–H groups in total. The van der Waals surface area contributed by atoms with Crippen molar-refractivity contribution >= 4 is 6.47 Å². The molecule has 0 aliphatic rings. The third kappa shape index (κ3) is 3.51. The largest absolute Gasteiger partial charge is 0.493 e. The van der Waals surface area contributed by atoms with Crippen LogP contribution in [-0.2, 0) is 11.4 Å². The van der Waals surface area contributed by atoms with Gasteiger partial charge in [0.05, 0.1) is 18.7 Å². The van der Waals surface area contributed by atoms with Crippen LogP contribution in [0.4, 0.5) is 0 Å². The Kier molecular flexibility index (Phi) is 4.78. The average molecular weight is 283 g/mol. The van der Waals surface area contributed by atoms with Crippen molar-refractivity contribution in [3.8, 4) is 23.3 Å². The van der Waals surface area contributed by atoms with Crippen LogP contribution in [0.15, 0.2) is 42.5 Å². The molecule has 5 nitrogen and oxygen atoms in total. The molecule has 0 unspecified atom stereocenters.